The highest BCUT2D eigenvalue weighted by Crippen LogP contribution is 2.60. The molecule has 1 N–H and O–H groups in total. The first-order valence-corrected chi connectivity index (χ1v) is 13.5. The highest BCUT2D eigenvalue weighted by atomic mass is 16.2. The Morgan fingerprint density at radius 2 is 1.57 bits per heavy atom. The molecule has 1 aliphatic heterocycles. The van der Waals surface area contributed by atoms with Gasteiger partial charge in [-0.3, -0.25) is 14.9 Å². The smallest absolute Gasteiger partial charge is 0.335 e. The Labute approximate surface area is 216 Å². The van der Waals surface area contributed by atoms with Gasteiger partial charge in [0.05, 0.1) is 5.69 Å². The summed E-state index contributed by atoms with van der Waals surface area (Å²) in [6.07, 6.45) is 11.5. The number of aromatic nitrogens is 1. The van der Waals surface area contributed by atoms with E-state index in [4.69, 9.17) is 0 Å². The predicted octanol–water partition coefficient (Wildman–Crippen LogP) is 5.80. The van der Waals surface area contributed by atoms with Crippen LogP contribution in [0.2, 0.25) is 0 Å². The first kappa shape index (κ1) is 22.5. The number of benzene rings is 2. The van der Waals surface area contributed by atoms with Crippen LogP contribution in [-0.4, -0.2) is 22.4 Å². The van der Waals surface area contributed by atoms with Gasteiger partial charge in [-0.2, -0.15) is 0 Å². The lowest BCUT2D eigenvalue weighted by Gasteiger charge is -2.57. The van der Waals surface area contributed by atoms with E-state index in [1.165, 1.54) is 44.1 Å². The number of para-hydroxylation sites is 1. The first-order chi connectivity index (χ1) is 17.9. The Hall–Kier alpha value is -3.67. The van der Waals surface area contributed by atoms with Crippen molar-refractivity contribution in [2.24, 2.45) is 17.8 Å². The SMILES string of the molecule is CCn1cc(/C=C2\C(=O)NC(=O)N(c3ccc(C45CC6CC(CC(C6)C4)C5)cc3)C2=O)c2ccccc21. The molecule has 6 heteroatoms. The molecule has 0 spiro atoms. The summed E-state index contributed by atoms with van der Waals surface area (Å²) in [7, 11) is 0. The highest BCUT2D eigenvalue weighted by Gasteiger charge is 2.51. The predicted molar refractivity (Wildman–Crippen MR) is 143 cm³/mol. The molecule has 1 saturated heterocycles. The number of rotatable bonds is 4. The van der Waals surface area contributed by atoms with Gasteiger partial charge in [-0.15, -0.1) is 0 Å². The molecule has 4 bridgehead atoms. The van der Waals surface area contributed by atoms with Crippen molar-refractivity contribution in [2.45, 2.75) is 57.4 Å². The second-order valence-corrected chi connectivity index (χ2v) is 11.6. The van der Waals surface area contributed by atoms with Crippen LogP contribution in [0.15, 0.2) is 60.3 Å². The van der Waals surface area contributed by atoms with Crippen LogP contribution in [0.4, 0.5) is 10.5 Å². The maximum absolute atomic E-state index is 13.5. The molecular formula is C31H31N3O3. The third-order valence-electron chi connectivity index (χ3n) is 9.34. The molecule has 188 valence electrons. The van der Waals surface area contributed by atoms with Gasteiger partial charge in [0.1, 0.15) is 5.57 Å². The number of hydrogen-bond acceptors (Lipinski definition) is 3. The quantitative estimate of drug-likeness (QED) is 0.369. The Morgan fingerprint density at radius 1 is 0.919 bits per heavy atom. The van der Waals surface area contributed by atoms with Crippen molar-refractivity contribution in [3.63, 3.8) is 0 Å². The van der Waals surface area contributed by atoms with E-state index in [2.05, 4.69) is 28.9 Å². The normalized spacial score (nSPS) is 30.0. The molecule has 0 unspecified atom stereocenters. The van der Waals surface area contributed by atoms with Gasteiger partial charge in [0, 0.05) is 29.2 Å². The topological polar surface area (TPSA) is 71.4 Å². The zero-order chi connectivity index (χ0) is 25.3. The zero-order valence-electron chi connectivity index (χ0n) is 21.1. The molecule has 6 nitrogen and oxygen atoms in total. The molecule has 1 aromatic heterocycles. The monoisotopic (exact) mass is 493 g/mol. The maximum atomic E-state index is 13.5. The number of anilines is 1. The van der Waals surface area contributed by atoms with Crippen molar-refractivity contribution in [3.05, 3.63) is 71.4 Å². The number of nitrogens with one attached hydrogen (secondary N) is 1. The number of carbonyl (C=O) groups is 3. The number of imide groups is 2. The van der Waals surface area contributed by atoms with Crippen LogP contribution in [0.25, 0.3) is 17.0 Å². The van der Waals surface area contributed by atoms with Crippen molar-refractivity contribution >= 4 is 40.5 Å². The van der Waals surface area contributed by atoms with E-state index in [0.717, 1.165) is 45.7 Å². The number of fused-ring (bicyclic) bond motifs is 1. The molecule has 37 heavy (non-hydrogen) atoms. The molecule has 5 aliphatic rings. The second-order valence-electron chi connectivity index (χ2n) is 11.6. The van der Waals surface area contributed by atoms with Crippen molar-refractivity contribution in [2.75, 3.05) is 4.90 Å². The van der Waals surface area contributed by atoms with Gasteiger partial charge in [0.25, 0.3) is 11.8 Å². The molecular weight excluding hydrogens is 462 g/mol. The van der Waals surface area contributed by atoms with E-state index in [1.807, 2.05) is 42.6 Å². The third-order valence-corrected chi connectivity index (χ3v) is 9.34. The van der Waals surface area contributed by atoms with Crippen molar-refractivity contribution in [1.29, 1.82) is 0 Å². The van der Waals surface area contributed by atoms with Crippen LogP contribution >= 0.6 is 0 Å². The molecule has 2 aromatic carbocycles. The van der Waals surface area contributed by atoms with Crippen LogP contribution in [0.3, 0.4) is 0 Å². The molecule has 0 radical (unpaired) electrons. The van der Waals surface area contributed by atoms with E-state index in [1.54, 1.807) is 6.08 Å². The molecule has 2 heterocycles. The van der Waals surface area contributed by atoms with Gasteiger partial charge in [-0.05, 0) is 98.5 Å². The van der Waals surface area contributed by atoms with Crippen molar-refractivity contribution in [1.82, 2.24) is 9.88 Å². The van der Waals surface area contributed by atoms with Crippen LogP contribution in [0.1, 0.15) is 56.6 Å². The summed E-state index contributed by atoms with van der Waals surface area (Å²) in [5, 5.41) is 3.33. The number of nitrogens with zero attached hydrogens (tertiary/aromatic N) is 2. The highest BCUT2D eigenvalue weighted by molar-refractivity contribution is 6.39. The van der Waals surface area contributed by atoms with E-state index in [-0.39, 0.29) is 11.0 Å². The lowest BCUT2D eigenvalue weighted by Crippen LogP contribution is -2.54. The fourth-order valence-corrected chi connectivity index (χ4v) is 8.13. The Kier molecular flexibility index (Phi) is 4.97. The van der Waals surface area contributed by atoms with E-state index in [0.29, 0.717) is 5.69 Å². The average Bonchev–Trinajstić information content (AvgIpc) is 3.24. The van der Waals surface area contributed by atoms with Crippen molar-refractivity contribution in [3.8, 4) is 0 Å². The van der Waals surface area contributed by atoms with Crippen LogP contribution in [0, 0.1) is 17.8 Å². The fraction of sp³-hybridized carbons (Fsp3) is 0.387. The third kappa shape index (κ3) is 3.49. The Morgan fingerprint density at radius 3 is 2.22 bits per heavy atom. The summed E-state index contributed by atoms with van der Waals surface area (Å²) in [4.78, 5) is 40.2. The van der Waals surface area contributed by atoms with Gasteiger partial charge in [-0.25, -0.2) is 9.69 Å². The standard InChI is InChI=1S/C31H31N3O3/c1-2-33-18-22(25-5-3-4-6-27(25)33)14-26-28(35)32-30(37)34(29(26)36)24-9-7-23(8-10-24)31-15-19-11-20(16-31)13-21(12-19)17-31/h3-10,14,18-21H,2,11-13,15-17H2,1H3,(H,32,35,37)/b26-14+. The minimum atomic E-state index is -0.703. The van der Waals surface area contributed by atoms with Gasteiger partial charge in [0.2, 0.25) is 0 Å². The summed E-state index contributed by atoms with van der Waals surface area (Å²) < 4.78 is 2.08. The average molecular weight is 494 g/mol. The second kappa shape index (κ2) is 8.17. The molecule has 4 saturated carbocycles. The summed E-state index contributed by atoms with van der Waals surface area (Å²) in [6, 6.07) is 15.2. The maximum Gasteiger partial charge on any atom is 0.335 e. The number of urea groups is 1. The lowest BCUT2D eigenvalue weighted by molar-refractivity contribution is -0.122. The molecule has 8 rings (SSSR count). The molecule has 5 fully saturated rings. The van der Waals surface area contributed by atoms with Gasteiger partial charge >= 0.3 is 6.03 Å². The summed E-state index contributed by atoms with van der Waals surface area (Å²) in [6.45, 7) is 2.82. The van der Waals surface area contributed by atoms with Gasteiger partial charge in [-0.1, -0.05) is 30.3 Å². The number of aryl methyl sites for hydroxylation is 1. The van der Waals surface area contributed by atoms with E-state index < -0.39 is 17.8 Å². The minimum absolute atomic E-state index is 0.0382. The van der Waals surface area contributed by atoms with E-state index >= 15 is 0 Å². The van der Waals surface area contributed by atoms with Gasteiger partial charge in [0.15, 0.2) is 0 Å². The number of barbiturate groups is 1. The Bertz CT molecular complexity index is 1440. The van der Waals surface area contributed by atoms with Crippen LogP contribution in [-0.2, 0) is 21.5 Å². The first-order valence-electron chi connectivity index (χ1n) is 13.5. The molecule has 0 atom stereocenters. The van der Waals surface area contributed by atoms with E-state index in [9.17, 15) is 14.4 Å². The molecule has 4 amide bonds. The number of hydrogen-bond donors (Lipinski definition) is 1. The molecule has 3 aromatic rings. The largest absolute Gasteiger partial charge is 0.347 e. The zero-order valence-corrected chi connectivity index (χ0v) is 21.1. The summed E-state index contributed by atoms with van der Waals surface area (Å²) >= 11 is 0. The minimum Gasteiger partial charge on any atom is -0.347 e. The van der Waals surface area contributed by atoms with Gasteiger partial charge < -0.3 is 4.57 Å². The number of amides is 4. The number of carbonyl (C=O) groups excluding carboxylic acids is 3. The fourth-order valence-electron chi connectivity index (χ4n) is 8.13. The van der Waals surface area contributed by atoms with Crippen molar-refractivity contribution < 1.29 is 14.4 Å². The lowest BCUT2D eigenvalue weighted by atomic mass is 9.48. The summed E-state index contributed by atoms with van der Waals surface area (Å²) in [5.41, 5.74) is 3.85. The van der Waals surface area contributed by atoms with Crippen LogP contribution in [0.5, 0.6) is 0 Å². The Balaban J connectivity index is 1.21. The summed E-state index contributed by atoms with van der Waals surface area (Å²) in [5.74, 6) is 1.28. The molecule has 4 aliphatic carbocycles. The van der Waals surface area contributed by atoms with Crippen LogP contribution < -0.4 is 10.2 Å².